The molecule has 1 heterocycles. The minimum atomic E-state index is -4.33. The summed E-state index contributed by atoms with van der Waals surface area (Å²) in [5.74, 6) is 0.449. The van der Waals surface area contributed by atoms with E-state index in [1.807, 2.05) is 54.7 Å². The third-order valence-electron chi connectivity index (χ3n) is 6.23. The number of hydrogen-bond acceptors (Lipinski definition) is 5. The van der Waals surface area contributed by atoms with Crippen molar-refractivity contribution in [1.82, 2.24) is 4.98 Å². The summed E-state index contributed by atoms with van der Waals surface area (Å²) in [5, 5.41) is 0. The summed E-state index contributed by atoms with van der Waals surface area (Å²) in [5.41, 5.74) is 4.20. The number of unbranched alkanes of at least 4 members (excludes halogenated alkanes) is 4. The van der Waals surface area contributed by atoms with Crippen LogP contribution in [0.15, 0.2) is 66.9 Å². The molecule has 1 aromatic heterocycles. The maximum Gasteiger partial charge on any atom is 0.414 e. The number of rotatable bonds is 15. The standard InChI is InChI=1S/C31H36F3NO4/c1-3-4-19-38-28-16-13-25(14-17-28)29-18-15-27(22-35-29)24-9-11-26(12-10-24)30(36)39-21-8-6-5-7-20-37-23(2)31(32,33)34/h9-18,22-23H,3-8,19-21H2,1-2H3. The smallest absolute Gasteiger partial charge is 0.414 e. The van der Waals surface area contributed by atoms with Crippen LogP contribution >= 0.6 is 0 Å². The fourth-order valence-electron chi connectivity index (χ4n) is 3.75. The maximum absolute atomic E-state index is 12.4. The van der Waals surface area contributed by atoms with Crippen LogP contribution in [0.2, 0.25) is 0 Å². The second kappa shape index (κ2) is 15.3. The van der Waals surface area contributed by atoms with Gasteiger partial charge in [-0.2, -0.15) is 13.2 Å². The van der Waals surface area contributed by atoms with Crippen molar-refractivity contribution in [3.63, 3.8) is 0 Å². The number of benzene rings is 2. The highest BCUT2D eigenvalue weighted by atomic mass is 19.4. The van der Waals surface area contributed by atoms with Crippen LogP contribution in [0.3, 0.4) is 0 Å². The molecule has 0 fully saturated rings. The van der Waals surface area contributed by atoms with Crippen LogP contribution in [-0.2, 0) is 9.47 Å². The molecule has 8 heteroatoms. The van der Waals surface area contributed by atoms with Gasteiger partial charge in [-0.05, 0) is 80.6 Å². The normalized spacial score (nSPS) is 12.2. The molecule has 3 aromatic rings. The molecule has 0 aliphatic rings. The average molecular weight is 544 g/mol. The van der Waals surface area contributed by atoms with Gasteiger partial charge < -0.3 is 14.2 Å². The van der Waals surface area contributed by atoms with Crippen molar-refractivity contribution in [3.8, 4) is 28.1 Å². The minimum absolute atomic E-state index is 0.0623. The summed E-state index contributed by atoms with van der Waals surface area (Å²) in [6.07, 6.45) is 0.494. The topological polar surface area (TPSA) is 57.7 Å². The first kappa shape index (κ1) is 30.2. The van der Waals surface area contributed by atoms with E-state index in [4.69, 9.17) is 14.2 Å². The fourth-order valence-corrected chi connectivity index (χ4v) is 3.75. The lowest BCUT2D eigenvalue weighted by Crippen LogP contribution is -2.28. The number of pyridine rings is 1. The Morgan fingerprint density at radius 1 is 0.795 bits per heavy atom. The second-order valence-electron chi connectivity index (χ2n) is 9.34. The van der Waals surface area contributed by atoms with Crippen LogP contribution in [0, 0.1) is 0 Å². The van der Waals surface area contributed by atoms with Crippen LogP contribution in [0.25, 0.3) is 22.4 Å². The first-order valence-electron chi connectivity index (χ1n) is 13.4. The van der Waals surface area contributed by atoms with Crippen molar-refractivity contribution < 1.29 is 32.2 Å². The van der Waals surface area contributed by atoms with Gasteiger partial charge in [0.25, 0.3) is 0 Å². The molecule has 2 aromatic carbocycles. The minimum Gasteiger partial charge on any atom is -0.494 e. The number of carbonyl (C=O) groups is 1. The maximum atomic E-state index is 12.4. The fraction of sp³-hybridized carbons (Fsp3) is 0.419. The van der Waals surface area contributed by atoms with E-state index in [1.165, 1.54) is 0 Å². The Bertz CT molecular complexity index is 1130. The Morgan fingerprint density at radius 2 is 1.44 bits per heavy atom. The van der Waals surface area contributed by atoms with Crippen molar-refractivity contribution >= 4 is 5.97 Å². The number of carbonyl (C=O) groups excluding carboxylic acids is 1. The zero-order valence-electron chi connectivity index (χ0n) is 22.5. The summed E-state index contributed by atoms with van der Waals surface area (Å²) >= 11 is 0. The molecule has 0 bridgehead atoms. The van der Waals surface area contributed by atoms with E-state index in [0.717, 1.165) is 54.3 Å². The third kappa shape index (κ3) is 10.0. The Kier molecular flexibility index (Phi) is 11.8. The number of esters is 1. The van der Waals surface area contributed by atoms with E-state index >= 15 is 0 Å². The molecule has 39 heavy (non-hydrogen) atoms. The van der Waals surface area contributed by atoms with Gasteiger partial charge in [-0.15, -0.1) is 0 Å². The SMILES string of the molecule is CCCCOc1ccc(-c2ccc(-c3ccc(C(=O)OCCCCCCOC(C)C(F)(F)F)cc3)cn2)cc1. The number of aromatic nitrogens is 1. The number of ether oxygens (including phenoxy) is 3. The lowest BCUT2D eigenvalue weighted by Gasteiger charge is -2.16. The van der Waals surface area contributed by atoms with Gasteiger partial charge in [-0.1, -0.05) is 38.0 Å². The van der Waals surface area contributed by atoms with Crippen molar-refractivity contribution in [2.45, 2.75) is 64.7 Å². The molecule has 0 amide bonds. The summed E-state index contributed by atoms with van der Waals surface area (Å²) < 4.78 is 53.0. The summed E-state index contributed by atoms with van der Waals surface area (Å²) in [6.45, 7) is 4.18. The monoisotopic (exact) mass is 543 g/mol. The van der Waals surface area contributed by atoms with Crippen LogP contribution < -0.4 is 4.74 Å². The van der Waals surface area contributed by atoms with Gasteiger partial charge in [0.15, 0.2) is 6.10 Å². The van der Waals surface area contributed by atoms with Crippen molar-refractivity contribution in [3.05, 3.63) is 72.4 Å². The molecule has 0 saturated carbocycles. The average Bonchev–Trinajstić information content (AvgIpc) is 2.94. The quantitative estimate of drug-likeness (QED) is 0.143. The molecule has 3 rings (SSSR count). The Labute approximate surface area is 228 Å². The third-order valence-corrected chi connectivity index (χ3v) is 6.23. The molecule has 1 atom stereocenters. The van der Waals surface area contributed by atoms with Crippen LogP contribution in [-0.4, -0.2) is 43.1 Å². The summed E-state index contributed by atoms with van der Waals surface area (Å²) in [4.78, 5) is 16.9. The first-order chi connectivity index (χ1) is 18.8. The summed E-state index contributed by atoms with van der Waals surface area (Å²) in [6, 6.07) is 19.0. The second-order valence-corrected chi connectivity index (χ2v) is 9.34. The van der Waals surface area contributed by atoms with Gasteiger partial charge >= 0.3 is 12.1 Å². The predicted octanol–water partition coefficient (Wildman–Crippen LogP) is 8.28. The molecule has 0 spiro atoms. The number of halogens is 3. The van der Waals surface area contributed by atoms with Crippen LogP contribution in [0.1, 0.15) is 62.7 Å². The number of nitrogens with zero attached hydrogens (tertiary/aromatic N) is 1. The molecule has 0 aliphatic carbocycles. The van der Waals surface area contributed by atoms with Crippen molar-refractivity contribution in [1.29, 1.82) is 0 Å². The van der Waals surface area contributed by atoms with Crippen molar-refractivity contribution in [2.24, 2.45) is 0 Å². The van der Waals surface area contributed by atoms with Gasteiger partial charge in [0.05, 0.1) is 24.5 Å². The predicted molar refractivity (Wildman–Crippen MR) is 146 cm³/mol. The molecular weight excluding hydrogens is 507 g/mol. The van der Waals surface area contributed by atoms with Gasteiger partial charge in [0.1, 0.15) is 5.75 Å². The molecule has 0 aliphatic heterocycles. The lowest BCUT2D eigenvalue weighted by atomic mass is 10.0. The molecule has 210 valence electrons. The van der Waals surface area contributed by atoms with E-state index in [9.17, 15) is 18.0 Å². The van der Waals surface area contributed by atoms with Crippen LogP contribution in [0.5, 0.6) is 5.75 Å². The Balaban J connectivity index is 1.39. The van der Waals surface area contributed by atoms with Crippen molar-refractivity contribution in [2.75, 3.05) is 19.8 Å². The van der Waals surface area contributed by atoms with E-state index in [-0.39, 0.29) is 13.2 Å². The zero-order chi connectivity index (χ0) is 28.1. The molecule has 1 unspecified atom stereocenters. The van der Waals surface area contributed by atoms with Gasteiger partial charge in [-0.25, -0.2) is 4.79 Å². The Morgan fingerprint density at radius 3 is 2.05 bits per heavy atom. The van der Waals surface area contributed by atoms with Gasteiger partial charge in [0.2, 0.25) is 0 Å². The Hall–Kier alpha value is -3.39. The molecule has 0 N–H and O–H groups in total. The van der Waals surface area contributed by atoms with Crippen LogP contribution in [0.4, 0.5) is 13.2 Å². The lowest BCUT2D eigenvalue weighted by molar-refractivity contribution is -0.214. The number of hydrogen-bond donors (Lipinski definition) is 0. The zero-order valence-corrected chi connectivity index (χ0v) is 22.5. The first-order valence-corrected chi connectivity index (χ1v) is 13.4. The highest BCUT2D eigenvalue weighted by molar-refractivity contribution is 5.90. The summed E-state index contributed by atoms with van der Waals surface area (Å²) in [7, 11) is 0. The molecule has 0 saturated heterocycles. The van der Waals surface area contributed by atoms with Gasteiger partial charge in [-0.3, -0.25) is 4.98 Å². The van der Waals surface area contributed by atoms with E-state index in [1.54, 1.807) is 12.1 Å². The largest absolute Gasteiger partial charge is 0.494 e. The number of alkyl halides is 3. The molecule has 5 nitrogen and oxygen atoms in total. The molecular formula is C31H36F3NO4. The van der Waals surface area contributed by atoms with E-state index < -0.39 is 18.2 Å². The highest BCUT2D eigenvalue weighted by Crippen LogP contribution is 2.25. The molecule has 0 radical (unpaired) electrons. The highest BCUT2D eigenvalue weighted by Gasteiger charge is 2.36. The van der Waals surface area contributed by atoms with E-state index in [0.29, 0.717) is 31.4 Å². The van der Waals surface area contributed by atoms with E-state index in [2.05, 4.69) is 11.9 Å². The van der Waals surface area contributed by atoms with Gasteiger partial charge in [0, 0.05) is 23.9 Å².